The Morgan fingerprint density at radius 1 is 1.09 bits per heavy atom. The zero-order chi connectivity index (χ0) is 24.7. The van der Waals surface area contributed by atoms with Crippen LogP contribution in [0.2, 0.25) is 0 Å². The Kier molecular flexibility index (Phi) is 8.18. The van der Waals surface area contributed by atoms with Gasteiger partial charge in [-0.1, -0.05) is 56.2 Å². The van der Waals surface area contributed by atoms with Crippen molar-refractivity contribution in [2.24, 2.45) is 5.41 Å². The van der Waals surface area contributed by atoms with Gasteiger partial charge in [-0.3, -0.25) is 9.59 Å². The van der Waals surface area contributed by atoms with E-state index in [0.29, 0.717) is 19.6 Å². The average Bonchev–Trinajstić information content (AvgIpc) is 3.38. The third kappa shape index (κ3) is 6.28. The lowest BCUT2D eigenvalue weighted by Gasteiger charge is -2.33. The number of nitrogens with one attached hydrogen (secondary N) is 3. The van der Waals surface area contributed by atoms with Gasteiger partial charge in [0.05, 0.1) is 23.3 Å². The van der Waals surface area contributed by atoms with Crippen LogP contribution in [-0.4, -0.2) is 42.0 Å². The van der Waals surface area contributed by atoms with E-state index in [1.807, 2.05) is 25.3 Å². The van der Waals surface area contributed by atoms with Gasteiger partial charge in [0, 0.05) is 32.2 Å². The van der Waals surface area contributed by atoms with Crippen LogP contribution in [0, 0.1) is 5.41 Å². The molecular formula is C28H36N4O3. The number of amides is 2. The molecule has 7 nitrogen and oxygen atoms in total. The standard InChI is InChI=1S/C28H36N4O3/c1-28(14-16-35-17-15-28)27(34)32-23(10-4-3-5-11-25(33)29-2)26-30-19-24(31-26)22-13-12-20-8-6-7-9-21(20)18-22/h6-9,12-13,18-19,23H,3-5,10-11,14-17H2,1-2H3,(H,29,33)(H,30,31)(H,32,34)/t23-/m0/s1. The summed E-state index contributed by atoms with van der Waals surface area (Å²) in [4.78, 5) is 32.9. The van der Waals surface area contributed by atoms with Crippen molar-refractivity contribution in [3.05, 3.63) is 54.5 Å². The van der Waals surface area contributed by atoms with Crippen LogP contribution in [0.15, 0.2) is 48.7 Å². The van der Waals surface area contributed by atoms with Crippen LogP contribution >= 0.6 is 0 Å². The molecule has 0 spiro atoms. The first kappa shape index (κ1) is 24.9. The first-order valence-electron chi connectivity index (χ1n) is 12.6. The fraction of sp³-hybridized carbons (Fsp3) is 0.464. The molecule has 0 aliphatic carbocycles. The number of ether oxygens (including phenoxy) is 1. The maximum absolute atomic E-state index is 13.3. The Morgan fingerprint density at radius 2 is 1.86 bits per heavy atom. The molecule has 0 saturated carbocycles. The number of aromatic amines is 1. The Balaban J connectivity index is 1.49. The number of carbonyl (C=O) groups excluding carboxylic acids is 2. The summed E-state index contributed by atoms with van der Waals surface area (Å²) >= 11 is 0. The number of rotatable bonds is 10. The zero-order valence-corrected chi connectivity index (χ0v) is 20.7. The molecule has 2 heterocycles. The fourth-order valence-corrected chi connectivity index (χ4v) is 4.61. The molecule has 186 valence electrons. The first-order chi connectivity index (χ1) is 17.0. The minimum Gasteiger partial charge on any atom is -0.381 e. The zero-order valence-electron chi connectivity index (χ0n) is 20.7. The summed E-state index contributed by atoms with van der Waals surface area (Å²) in [7, 11) is 1.66. The van der Waals surface area contributed by atoms with E-state index < -0.39 is 5.41 Å². The van der Waals surface area contributed by atoms with E-state index in [1.54, 1.807) is 7.05 Å². The summed E-state index contributed by atoms with van der Waals surface area (Å²) in [5.74, 6) is 0.886. The van der Waals surface area contributed by atoms with Crippen molar-refractivity contribution in [1.29, 1.82) is 0 Å². The normalized spacial score (nSPS) is 16.1. The van der Waals surface area contributed by atoms with Crippen molar-refractivity contribution in [2.75, 3.05) is 20.3 Å². The number of aromatic nitrogens is 2. The van der Waals surface area contributed by atoms with E-state index in [-0.39, 0.29) is 17.9 Å². The number of carbonyl (C=O) groups is 2. The topological polar surface area (TPSA) is 96.1 Å². The number of unbranched alkanes of at least 4 members (excludes halogenated alkanes) is 2. The van der Waals surface area contributed by atoms with E-state index >= 15 is 0 Å². The van der Waals surface area contributed by atoms with Crippen LogP contribution < -0.4 is 10.6 Å². The maximum atomic E-state index is 13.3. The average molecular weight is 477 g/mol. The van der Waals surface area contributed by atoms with E-state index in [2.05, 4.69) is 50.9 Å². The first-order valence-corrected chi connectivity index (χ1v) is 12.6. The highest BCUT2D eigenvalue weighted by Crippen LogP contribution is 2.32. The van der Waals surface area contributed by atoms with Crippen LogP contribution in [0.5, 0.6) is 0 Å². The second kappa shape index (κ2) is 11.5. The van der Waals surface area contributed by atoms with Gasteiger partial charge in [-0.05, 0) is 42.5 Å². The minimum atomic E-state index is -0.427. The van der Waals surface area contributed by atoms with E-state index in [0.717, 1.165) is 55.6 Å². The summed E-state index contributed by atoms with van der Waals surface area (Å²) in [6.07, 6.45) is 7.22. The van der Waals surface area contributed by atoms with Crippen LogP contribution in [0.4, 0.5) is 0 Å². The van der Waals surface area contributed by atoms with E-state index in [9.17, 15) is 9.59 Å². The number of imidazole rings is 1. The molecule has 4 rings (SSSR count). The second-order valence-electron chi connectivity index (χ2n) is 9.72. The second-order valence-corrected chi connectivity index (χ2v) is 9.72. The molecule has 3 aromatic rings. The number of hydrogen-bond acceptors (Lipinski definition) is 4. The van der Waals surface area contributed by atoms with Gasteiger partial charge < -0.3 is 20.4 Å². The Morgan fingerprint density at radius 3 is 2.63 bits per heavy atom. The molecule has 0 radical (unpaired) electrons. The Bertz CT molecular complexity index is 1150. The number of nitrogens with zero attached hydrogens (tertiary/aromatic N) is 1. The molecule has 1 aliphatic heterocycles. The highest BCUT2D eigenvalue weighted by molar-refractivity contribution is 5.86. The molecule has 7 heteroatoms. The van der Waals surface area contributed by atoms with Gasteiger partial charge >= 0.3 is 0 Å². The fourth-order valence-electron chi connectivity index (χ4n) is 4.61. The monoisotopic (exact) mass is 476 g/mol. The summed E-state index contributed by atoms with van der Waals surface area (Å²) < 4.78 is 5.48. The third-order valence-electron chi connectivity index (χ3n) is 7.11. The van der Waals surface area contributed by atoms with E-state index in [4.69, 9.17) is 4.74 Å². The van der Waals surface area contributed by atoms with Gasteiger partial charge in [0.15, 0.2) is 0 Å². The summed E-state index contributed by atoms with van der Waals surface area (Å²) in [6.45, 7) is 3.25. The lowest BCUT2D eigenvalue weighted by Crippen LogP contribution is -2.44. The minimum absolute atomic E-state index is 0.0554. The van der Waals surface area contributed by atoms with Gasteiger partial charge in [-0.2, -0.15) is 0 Å². The molecule has 1 aliphatic rings. The quantitative estimate of drug-likeness (QED) is 0.363. The summed E-state index contributed by atoms with van der Waals surface area (Å²) in [5.41, 5.74) is 1.57. The number of benzene rings is 2. The molecule has 0 unspecified atom stereocenters. The van der Waals surface area contributed by atoms with Gasteiger partial charge in [0.25, 0.3) is 0 Å². The number of H-pyrrole nitrogens is 1. The van der Waals surface area contributed by atoms with Gasteiger partial charge in [0.1, 0.15) is 5.82 Å². The van der Waals surface area contributed by atoms with Crippen molar-refractivity contribution in [3.8, 4) is 11.3 Å². The SMILES string of the molecule is CNC(=O)CCCCC[C@H](NC(=O)C1(C)CCOCC1)c1ncc(-c2ccc3ccccc3c2)[nH]1. The van der Waals surface area contributed by atoms with Crippen molar-refractivity contribution in [3.63, 3.8) is 0 Å². The predicted octanol–water partition coefficient (Wildman–Crippen LogP) is 4.90. The third-order valence-corrected chi connectivity index (χ3v) is 7.11. The number of hydrogen-bond donors (Lipinski definition) is 3. The van der Waals surface area contributed by atoms with Gasteiger partial charge in [0.2, 0.25) is 11.8 Å². The van der Waals surface area contributed by atoms with E-state index in [1.165, 1.54) is 10.8 Å². The maximum Gasteiger partial charge on any atom is 0.226 e. The van der Waals surface area contributed by atoms with Crippen molar-refractivity contribution >= 4 is 22.6 Å². The van der Waals surface area contributed by atoms with Crippen LogP contribution in [-0.2, 0) is 14.3 Å². The molecule has 1 saturated heterocycles. The molecule has 3 N–H and O–H groups in total. The molecule has 2 aromatic carbocycles. The smallest absolute Gasteiger partial charge is 0.226 e. The van der Waals surface area contributed by atoms with Crippen LogP contribution in [0.3, 0.4) is 0 Å². The largest absolute Gasteiger partial charge is 0.381 e. The highest BCUT2D eigenvalue weighted by Gasteiger charge is 2.36. The molecular weight excluding hydrogens is 440 g/mol. The summed E-state index contributed by atoms with van der Waals surface area (Å²) in [6, 6.07) is 14.4. The molecule has 1 fully saturated rings. The van der Waals surface area contributed by atoms with Crippen LogP contribution in [0.25, 0.3) is 22.0 Å². The predicted molar refractivity (Wildman–Crippen MR) is 138 cm³/mol. The lowest BCUT2D eigenvalue weighted by atomic mass is 9.81. The molecule has 1 aromatic heterocycles. The van der Waals surface area contributed by atoms with Gasteiger partial charge in [-0.15, -0.1) is 0 Å². The lowest BCUT2D eigenvalue weighted by molar-refractivity contribution is -0.136. The Hall–Kier alpha value is -3.19. The molecule has 0 bridgehead atoms. The highest BCUT2D eigenvalue weighted by atomic mass is 16.5. The molecule has 35 heavy (non-hydrogen) atoms. The van der Waals surface area contributed by atoms with Crippen molar-refractivity contribution < 1.29 is 14.3 Å². The number of fused-ring (bicyclic) bond motifs is 1. The molecule has 1 atom stereocenters. The summed E-state index contributed by atoms with van der Waals surface area (Å²) in [5, 5.41) is 8.32. The Labute approximate surface area is 207 Å². The van der Waals surface area contributed by atoms with Crippen molar-refractivity contribution in [1.82, 2.24) is 20.6 Å². The van der Waals surface area contributed by atoms with Crippen LogP contribution in [0.1, 0.15) is 63.7 Å². The molecule has 2 amide bonds. The van der Waals surface area contributed by atoms with Gasteiger partial charge in [-0.25, -0.2) is 4.98 Å². The van der Waals surface area contributed by atoms with Crippen molar-refractivity contribution in [2.45, 2.75) is 57.9 Å².